The van der Waals surface area contributed by atoms with Crippen molar-refractivity contribution in [2.75, 3.05) is 13.1 Å². The normalized spacial score (nSPS) is 11.0. The molecule has 0 aliphatic carbocycles. The van der Waals surface area contributed by atoms with Gasteiger partial charge in [0, 0.05) is 20.1 Å². The lowest BCUT2D eigenvalue weighted by molar-refractivity contribution is 0.697. The van der Waals surface area contributed by atoms with Crippen LogP contribution >= 0.6 is 24.0 Å². The summed E-state index contributed by atoms with van der Waals surface area (Å²) in [5.74, 6) is 1.65. The Hall–Kier alpha value is -1.64. The Bertz CT molecular complexity index is 605. The number of aromatic nitrogens is 3. The summed E-state index contributed by atoms with van der Waals surface area (Å²) < 4.78 is 1.74. The molecule has 1 heterocycles. The molecule has 23 heavy (non-hydrogen) atoms. The second-order valence-corrected chi connectivity index (χ2v) is 5.16. The molecule has 2 rings (SSSR count). The Morgan fingerprint density at radius 2 is 1.96 bits per heavy atom. The van der Waals surface area contributed by atoms with Crippen molar-refractivity contribution in [1.82, 2.24) is 25.4 Å². The Labute approximate surface area is 154 Å². The first-order valence-corrected chi connectivity index (χ1v) is 7.59. The highest BCUT2D eigenvalue weighted by molar-refractivity contribution is 14.0. The Balaban J connectivity index is 0.00000264. The monoisotopic (exact) mass is 428 g/mol. The highest BCUT2D eigenvalue weighted by Crippen LogP contribution is 2.03. The second-order valence-electron chi connectivity index (χ2n) is 5.16. The van der Waals surface area contributed by atoms with Crippen LogP contribution in [0.25, 0.3) is 0 Å². The van der Waals surface area contributed by atoms with Crippen LogP contribution in [0.4, 0.5) is 0 Å². The number of rotatable bonds is 6. The van der Waals surface area contributed by atoms with Gasteiger partial charge >= 0.3 is 0 Å². The van der Waals surface area contributed by atoms with Crippen molar-refractivity contribution >= 4 is 29.9 Å². The van der Waals surface area contributed by atoms with Crippen LogP contribution in [-0.4, -0.2) is 33.8 Å². The number of benzene rings is 1. The average molecular weight is 428 g/mol. The van der Waals surface area contributed by atoms with Crippen LogP contribution in [0.5, 0.6) is 0 Å². The number of guanidine groups is 1. The molecule has 126 valence electrons. The summed E-state index contributed by atoms with van der Waals surface area (Å²) in [4.78, 5) is 8.71. The minimum atomic E-state index is 0. The molecule has 0 atom stereocenters. The highest BCUT2D eigenvalue weighted by atomic mass is 127. The summed E-state index contributed by atoms with van der Waals surface area (Å²) in [6, 6.07) is 8.62. The summed E-state index contributed by atoms with van der Waals surface area (Å²) in [5.41, 5.74) is 2.61. The number of nitrogens with zero attached hydrogens (tertiary/aromatic N) is 4. The molecule has 2 aromatic rings. The second kappa shape index (κ2) is 10.2. The lowest BCUT2D eigenvalue weighted by Gasteiger charge is -2.11. The summed E-state index contributed by atoms with van der Waals surface area (Å²) in [6.45, 7) is 6.34. The van der Waals surface area contributed by atoms with E-state index in [4.69, 9.17) is 0 Å². The van der Waals surface area contributed by atoms with Gasteiger partial charge in [-0.2, -0.15) is 5.10 Å². The van der Waals surface area contributed by atoms with Gasteiger partial charge in [0.1, 0.15) is 18.7 Å². The average Bonchev–Trinajstić information content (AvgIpc) is 2.92. The van der Waals surface area contributed by atoms with Gasteiger partial charge in [0.05, 0.1) is 0 Å². The molecular weight excluding hydrogens is 403 g/mol. The zero-order valence-electron chi connectivity index (χ0n) is 13.9. The SMILES string of the molecule is CCNC(=NCc1ncnn1C)NCCc1ccc(C)cc1.I. The molecular formula is C16H25IN6. The van der Waals surface area contributed by atoms with Crippen molar-refractivity contribution in [2.45, 2.75) is 26.8 Å². The minimum absolute atomic E-state index is 0. The number of aliphatic imine (C=N–C) groups is 1. The first-order valence-electron chi connectivity index (χ1n) is 7.59. The van der Waals surface area contributed by atoms with Crippen molar-refractivity contribution in [3.05, 3.63) is 47.5 Å². The van der Waals surface area contributed by atoms with Crippen molar-refractivity contribution < 1.29 is 0 Å². The summed E-state index contributed by atoms with van der Waals surface area (Å²) in [7, 11) is 1.87. The first-order chi connectivity index (χ1) is 10.7. The van der Waals surface area contributed by atoms with Crippen LogP contribution < -0.4 is 10.6 Å². The molecule has 0 aliphatic heterocycles. The van der Waals surface area contributed by atoms with Gasteiger partial charge in [0.25, 0.3) is 0 Å². The summed E-state index contributed by atoms with van der Waals surface area (Å²) >= 11 is 0. The molecule has 0 saturated carbocycles. The summed E-state index contributed by atoms with van der Waals surface area (Å²) in [6.07, 6.45) is 2.51. The van der Waals surface area contributed by atoms with Gasteiger partial charge in [-0.3, -0.25) is 4.68 Å². The number of nitrogens with one attached hydrogen (secondary N) is 2. The number of aryl methyl sites for hydroxylation is 2. The number of hydrogen-bond acceptors (Lipinski definition) is 3. The highest BCUT2D eigenvalue weighted by Gasteiger charge is 2.01. The maximum Gasteiger partial charge on any atom is 0.191 e. The van der Waals surface area contributed by atoms with Gasteiger partial charge in [-0.05, 0) is 25.8 Å². The van der Waals surface area contributed by atoms with Gasteiger partial charge in [0.15, 0.2) is 5.96 Å². The fourth-order valence-electron chi connectivity index (χ4n) is 2.03. The fourth-order valence-corrected chi connectivity index (χ4v) is 2.03. The fraction of sp³-hybridized carbons (Fsp3) is 0.438. The molecule has 0 aliphatic rings. The molecule has 6 nitrogen and oxygen atoms in total. The van der Waals surface area contributed by atoms with Gasteiger partial charge in [-0.15, -0.1) is 24.0 Å². The van der Waals surface area contributed by atoms with Crippen molar-refractivity contribution in [3.8, 4) is 0 Å². The van der Waals surface area contributed by atoms with Crippen LogP contribution in [0.3, 0.4) is 0 Å². The van der Waals surface area contributed by atoms with E-state index in [1.807, 2.05) is 7.05 Å². The topological polar surface area (TPSA) is 67.1 Å². The minimum Gasteiger partial charge on any atom is -0.357 e. The van der Waals surface area contributed by atoms with E-state index in [9.17, 15) is 0 Å². The molecule has 2 N–H and O–H groups in total. The maximum absolute atomic E-state index is 4.53. The van der Waals surface area contributed by atoms with E-state index in [-0.39, 0.29) is 24.0 Å². The molecule has 0 saturated heterocycles. The zero-order valence-corrected chi connectivity index (χ0v) is 16.2. The standard InChI is InChI=1S/C16H24N6.HI/c1-4-17-16(19-11-15-20-12-21-22(15)3)18-10-9-14-7-5-13(2)6-8-14;/h5-8,12H,4,9-11H2,1-3H3,(H2,17,18,19);1H. The van der Waals surface area contributed by atoms with E-state index in [1.165, 1.54) is 11.1 Å². The van der Waals surface area contributed by atoms with Crippen LogP contribution in [0.2, 0.25) is 0 Å². The van der Waals surface area contributed by atoms with E-state index in [2.05, 4.69) is 63.8 Å². The van der Waals surface area contributed by atoms with Gasteiger partial charge in [-0.1, -0.05) is 29.8 Å². The Kier molecular flexibility index (Phi) is 8.60. The smallest absolute Gasteiger partial charge is 0.191 e. The van der Waals surface area contributed by atoms with Gasteiger partial charge < -0.3 is 10.6 Å². The first kappa shape index (κ1) is 19.4. The molecule has 1 aromatic heterocycles. The molecule has 0 unspecified atom stereocenters. The molecule has 1 aromatic carbocycles. The van der Waals surface area contributed by atoms with E-state index < -0.39 is 0 Å². The molecule has 0 fully saturated rings. The molecule has 0 spiro atoms. The lowest BCUT2D eigenvalue weighted by atomic mass is 10.1. The Morgan fingerprint density at radius 1 is 1.22 bits per heavy atom. The van der Waals surface area contributed by atoms with E-state index in [0.717, 1.165) is 31.3 Å². The molecule has 0 bridgehead atoms. The van der Waals surface area contributed by atoms with Gasteiger partial charge in [0.2, 0.25) is 0 Å². The number of halogens is 1. The Morgan fingerprint density at radius 3 is 2.57 bits per heavy atom. The zero-order chi connectivity index (χ0) is 15.8. The van der Waals surface area contributed by atoms with Crippen molar-refractivity contribution in [1.29, 1.82) is 0 Å². The quantitative estimate of drug-likeness (QED) is 0.420. The summed E-state index contributed by atoms with van der Waals surface area (Å²) in [5, 5.41) is 10.6. The third-order valence-electron chi connectivity index (χ3n) is 3.35. The predicted octanol–water partition coefficient (Wildman–Crippen LogP) is 2.04. The van der Waals surface area contributed by atoms with Gasteiger partial charge in [-0.25, -0.2) is 9.98 Å². The lowest BCUT2D eigenvalue weighted by Crippen LogP contribution is -2.38. The predicted molar refractivity (Wildman–Crippen MR) is 104 cm³/mol. The third-order valence-corrected chi connectivity index (χ3v) is 3.35. The molecule has 0 amide bonds. The van der Waals surface area contributed by atoms with Crippen LogP contribution in [-0.2, 0) is 20.0 Å². The molecule has 7 heteroatoms. The van der Waals surface area contributed by atoms with E-state index >= 15 is 0 Å². The van der Waals surface area contributed by atoms with E-state index in [0.29, 0.717) is 6.54 Å². The van der Waals surface area contributed by atoms with Crippen LogP contribution in [0, 0.1) is 6.92 Å². The largest absolute Gasteiger partial charge is 0.357 e. The van der Waals surface area contributed by atoms with Crippen LogP contribution in [0.1, 0.15) is 23.9 Å². The molecule has 0 radical (unpaired) electrons. The van der Waals surface area contributed by atoms with E-state index in [1.54, 1.807) is 11.0 Å². The van der Waals surface area contributed by atoms with Crippen molar-refractivity contribution in [2.24, 2.45) is 12.0 Å². The number of hydrogen-bond donors (Lipinski definition) is 2. The van der Waals surface area contributed by atoms with Crippen molar-refractivity contribution in [3.63, 3.8) is 0 Å². The van der Waals surface area contributed by atoms with Crippen LogP contribution in [0.15, 0.2) is 35.6 Å². The third kappa shape index (κ3) is 6.55. The maximum atomic E-state index is 4.53.